The number of non-ortho nitro benzene ring substituents is 1. The predicted molar refractivity (Wildman–Crippen MR) is 77.5 cm³/mol. The fraction of sp³-hybridized carbons (Fsp3) is 0.500. The second-order valence-corrected chi connectivity index (χ2v) is 3.86. The first kappa shape index (κ1) is 18.9. The van der Waals surface area contributed by atoms with Crippen LogP contribution in [-0.2, 0) is 9.47 Å². The second-order valence-electron chi connectivity index (χ2n) is 3.86. The molecule has 1 aromatic rings. The minimum atomic E-state index is -0.872. The maximum atomic E-state index is 11.2. The highest BCUT2D eigenvalue weighted by Crippen LogP contribution is 2.17. The first-order chi connectivity index (χ1) is 10.0. The largest absolute Gasteiger partial charge is 0.513 e. The van der Waals surface area contributed by atoms with E-state index in [1.807, 2.05) is 6.92 Å². The summed E-state index contributed by atoms with van der Waals surface area (Å²) in [7, 11) is 0. The highest BCUT2D eigenvalue weighted by Gasteiger charge is 2.08. The van der Waals surface area contributed by atoms with Gasteiger partial charge in [-0.25, -0.2) is 4.79 Å². The Balaban J connectivity index is 0.00000122. The molecule has 0 radical (unpaired) electrons. The summed E-state index contributed by atoms with van der Waals surface area (Å²) >= 11 is 0. The number of carbonyl (C=O) groups is 1. The quantitative estimate of drug-likeness (QED) is 0.262. The number of rotatable bonds is 6. The first-order valence-electron chi connectivity index (χ1n) is 6.71. The zero-order chi connectivity index (χ0) is 16.1. The van der Waals surface area contributed by atoms with Crippen molar-refractivity contribution in [1.82, 2.24) is 0 Å². The van der Waals surface area contributed by atoms with Gasteiger partial charge in [-0.1, -0.05) is 20.3 Å². The molecule has 0 fully saturated rings. The molecule has 7 heteroatoms. The SMILES string of the molecule is CCC.CCOCCOC(=O)Oc1ccc([N+](=O)[O-])cc1. The number of nitro groups is 1. The Kier molecular flexibility index (Phi) is 10.5. The Hall–Kier alpha value is -2.15. The minimum absolute atomic E-state index is 0.0768. The Bertz CT molecular complexity index is 418. The number of nitrogens with zero attached hydrogens (tertiary/aromatic N) is 1. The molecule has 0 aliphatic rings. The van der Waals surface area contributed by atoms with Crippen molar-refractivity contribution in [3.63, 3.8) is 0 Å². The zero-order valence-corrected chi connectivity index (χ0v) is 12.5. The molecule has 21 heavy (non-hydrogen) atoms. The lowest BCUT2D eigenvalue weighted by molar-refractivity contribution is -0.384. The first-order valence-corrected chi connectivity index (χ1v) is 6.71. The standard InChI is InChI=1S/C11H13NO6.C3H8/c1-2-16-7-8-17-11(13)18-10-5-3-9(4-6-10)12(14)15;1-3-2/h3-6H,2,7-8H2,1H3;3H2,1-2H3. The maximum absolute atomic E-state index is 11.2. The van der Waals surface area contributed by atoms with Gasteiger partial charge >= 0.3 is 6.16 Å². The van der Waals surface area contributed by atoms with Gasteiger partial charge in [0.25, 0.3) is 5.69 Å². The van der Waals surface area contributed by atoms with E-state index in [2.05, 4.69) is 13.8 Å². The van der Waals surface area contributed by atoms with Gasteiger partial charge < -0.3 is 14.2 Å². The van der Waals surface area contributed by atoms with Crippen LogP contribution < -0.4 is 4.74 Å². The molecule has 1 aromatic carbocycles. The monoisotopic (exact) mass is 299 g/mol. The normalized spacial score (nSPS) is 9.29. The van der Waals surface area contributed by atoms with E-state index in [-0.39, 0.29) is 18.0 Å². The molecule has 118 valence electrons. The molecule has 0 bridgehead atoms. The van der Waals surface area contributed by atoms with Gasteiger partial charge in [0.2, 0.25) is 0 Å². The van der Waals surface area contributed by atoms with Gasteiger partial charge in [0.1, 0.15) is 12.4 Å². The van der Waals surface area contributed by atoms with E-state index in [1.165, 1.54) is 30.7 Å². The van der Waals surface area contributed by atoms with E-state index in [0.717, 1.165) is 0 Å². The predicted octanol–water partition coefficient (Wildman–Crippen LogP) is 3.56. The van der Waals surface area contributed by atoms with Gasteiger partial charge in [0.05, 0.1) is 11.5 Å². The minimum Gasteiger partial charge on any atom is -0.432 e. The van der Waals surface area contributed by atoms with Gasteiger partial charge in [-0.3, -0.25) is 10.1 Å². The summed E-state index contributed by atoms with van der Waals surface area (Å²) < 4.78 is 14.5. The van der Waals surface area contributed by atoms with Crippen LogP contribution in [0.3, 0.4) is 0 Å². The summed E-state index contributed by atoms with van der Waals surface area (Å²) in [5.74, 6) is 0.182. The van der Waals surface area contributed by atoms with Crippen LogP contribution in [0.25, 0.3) is 0 Å². The van der Waals surface area contributed by atoms with Crippen molar-refractivity contribution in [2.75, 3.05) is 19.8 Å². The van der Waals surface area contributed by atoms with Crippen LogP contribution in [0.5, 0.6) is 5.75 Å². The summed E-state index contributed by atoms with van der Waals surface area (Å²) in [5.41, 5.74) is -0.0768. The topological polar surface area (TPSA) is 87.9 Å². The molecule has 0 atom stereocenters. The Morgan fingerprint density at radius 2 is 1.71 bits per heavy atom. The van der Waals surface area contributed by atoms with Gasteiger partial charge in [-0.05, 0) is 19.1 Å². The number of ether oxygens (including phenoxy) is 3. The Morgan fingerprint density at radius 1 is 1.14 bits per heavy atom. The van der Waals surface area contributed by atoms with Crippen molar-refractivity contribution >= 4 is 11.8 Å². The van der Waals surface area contributed by atoms with Crippen molar-refractivity contribution in [1.29, 1.82) is 0 Å². The number of nitro benzene ring substituents is 1. The molecule has 0 unspecified atom stereocenters. The van der Waals surface area contributed by atoms with Crippen LogP contribution >= 0.6 is 0 Å². The van der Waals surface area contributed by atoms with Crippen molar-refractivity contribution in [3.8, 4) is 5.75 Å². The van der Waals surface area contributed by atoms with E-state index in [1.54, 1.807) is 0 Å². The van der Waals surface area contributed by atoms with E-state index < -0.39 is 11.1 Å². The summed E-state index contributed by atoms with van der Waals surface area (Å²) in [6.45, 7) is 7.02. The van der Waals surface area contributed by atoms with Gasteiger partial charge in [-0.15, -0.1) is 0 Å². The van der Waals surface area contributed by atoms with E-state index >= 15 is 0 Å². The summed E-state index contributed by atoms with van der Waals surface area (Å²) in [6.07, 6.45) is 0.378. The van der Waals surface area contributed by atoms with Gasteiger partial charge in [0, 0.05) is 18.7 Å². The Morgan fingerprint density at radius 3 is 2.19 bits per heavy atom. The van der Waals surface area contributed by atoms with Crippen LogP contribution in [-0.4, -0.2) is 30.9 Å². The molecule has 7 nitrogen and oxygen atoms in total. The lowest BCUT2D eigenvalue weighted by Crippen LogP contribution is -2.14. The molecule has 0 aliphatic heterocycles. The second kappa shape index (κ2) is 11.7. The fourth-order valence-electron chi connectivity index (χ4n) is 1.09. The molecular weight excluding hydrogens is 278 g/mol. The third-order valence-corrected chi connectivity index (χ3v) is 1.90. The average molecular weight is 299 g/mol. The van der Waals surface area contributed by atoms with E-state index in [4.69, 9.17) is 14.2 Å². The van der Waals surface area contributed by atoms with Crippen LogP contribution in [0.2, 0.25) is 0 Å². The van der Waals surface area contributed by atoms with Crippen molar-refractivity contribution in [2.24, 2.45) is 0 Å². The highest BCUT2D eigenvalue weighted by molar-refractivity contribution is 5.63. The van der Waals surface area contributed by atoms with Crippen LogP contribution in [0.15, 0.2) is 24.3 Å². The summed E-state index contributed by atoms with van der Waals surface area (Å²) in [5, 5.41) is 10.4. The van der Waals surface area contributed by atoms with E-state index in [0.29, 0.717) is 13.2 Å². The van der Waals surface area contributed by atoms with Crippen molar-refractivity contribution in [2.45, 2.75) is 27.2 Å². The zero-order valence-electron chi connectivity index (χ0n) is 12.5. The molecule has 1 rings (SSSR count). The molecule has 0 aromatic heterocycles. The van der Waals surface area contributed by atoms with Crippen LogP contribution in [0.4, 0.5) is 10.5 Å². The molecule has 0 aliphatic carbocycles. The highest BCUT2D eigenvalue weighted by atomic mass is 16.7. The van der Waals surface area contributed by atoms with Crippen molar-refractivity contribution < 1.29 is 23.9 Å². The molecule has 0 heterocycles. The lowest BCUT2D eigenvalue weighted by Gasteiger charge is -2.05. The Labute approximate surface area is 124 Å². The van der Waals surface area contributed by atoms with Crippen LogP contribution in [0, 0.1) is 10.1 Å². The van der Waals surface area contributed by atoms with Gasteiger partial charge in [0.15, 0.2) is 0 Å². The maximum Gasteiger partial charge on any atom is 0.513 e. The molecular formula is C14H21NO6. The van der Waals surface area contributed by atoms with E-state index in [9.17, 15) is 14.9 Å². The summed E-state index contributed by atoms with van der Waals surface area (Å²) in [4.78, 5) is 21.0. The number of carbonyl (C=O) groups excluding carboxylic acids is 1. The lowest BCUT2D eigenvalue weighted by atomic mass is 10.3. The fourth-order valence-corrected chi connectivity index (χ4v) is 1.09. The number of hydrogen-bond donors (Lipinski definition) is 0. The number of benzene rings is 1. The molecule has 0 amide bonds. The molecule has 0 saturated heterocycles. The third kappa shape index (κ3) is 9.39. The molecule has 0 spiro atoms. The average Bonchev–Trinajstić information content (AvgIpc) is 2.45. The molecule has 0 saturated carbocycles. The molecule has 0 N–H and O–H groups in total. The van der Waals surface area contributed by atoms with Crippen molar-refractivity contribution in [3.05, 3.63) is 34.4 Å². The van der Waals surface area contributed by atoms with Gasteiger partial charge in [-0.2, -0.15) is 0 Å². The third-order valence-electron chi connectivity index (χ3n) is 1.90. The number of hydrogen-bond acceptors (Lipinski definition) is 6. The smallest absolute Gasteiger partial charge is 0.432 e. The van der Waals surface area contributed by atoms with Crippen LogP contribution in [0.1, 0.15) is 27.2 Å². The summed E-state index contributed by atoms with van der Waals surface area (Å²) in [6, 6.07) is 5.12.